The highest BCUT2D eigenvalue weighted by molar-refractivity contribution is 5.86. The topological polar surface area (TPSA) is 78.6 Å². The standard InChI is InChI=1S/C22H25NO4/c1-21(2)18(22(21,3)4)20(25)27-17(19(23)24)14-9-8-12-16(13-14)26-15-10-6-5-7-11-15/h5-13,17-18H,1-4H3,(H2,23,24)/t17-/m1/s1. The van der Waals surface area contributed by atoms with E-state index < -0.39 is 18.0 Å². The fourth-order valence-corrected chi connectivity index (χ4v) is 3.63. The SMILES string of the molecule is CC1(C)C(C(=O)O[C@@H](C(N)=O)c2cccc(Oc3ccccc3)c2)C1(C)C. The van der Waals surface area contributed by atoms with Crippen molar-refractivity contribution < 1.29 is 19.1 Å². The zero-order valence-electron chi connectivity index (χ0n) is 16.1. The number of rotatable bonds is 6. The van der Waals surface area contributed by atoms with Gasteiger partial charge in [-0.2, -0.15) is 0 Å². The van der Waals surface area contributed by atoms with Crippen LogP contribution in [0.3, 0.4) is 0 Å². The molecule has 0 bridgehead atoms. The van der Waals surface area contributed by atoms with E-state index in [0.29, 0.717) is 17.1 Å². The first kappa shape index (κ1) is 19.0. The summed E-state index contributed by atoms with van der Waals surface area (Å²) >= 11 is 0. The molecule has 0 unspecified atom stereocenters. The van der Waals surface area contributed by atoms with Gasteiger partial charge in [0.1, 0.15) is 11.5 Å². The van der Waals surface area contributed by atoms with Crippen LogP contribution in [0.15, 0.2) is 54.6 Å². The van der Waals surface area contributed by atoms with Crippen LogP contribution in [0.25, 0.3) is 0 Å². The minimum absolute atomic E-state index is 0.176. The Morgan fingerprint density at radius 1 is 0.926 bits per heavy atom. The quantitative estimate of drug-likeness (QED) is 0.775. The summed E-state index contributed by atoms with van der Waals surface area (Å²) in [6, 6.07) is 16.2. The van der Waals surface area contributed by atoms with E-state index in [0.717, 1.165) is 0 Å². The van der Waals surface area contributed by atoms with Gasteiger partial charge >= 0.3 is 5.97 Å². The van der Waals surface area contributed by atoms with E-state index in [9.17, 15) is 9.59 Å². The molecule has 0 radical (unpaired) electrons. The Morgan fingerprint density at radius 3 is 2.07 bits per heavy atom. The van der Waals surface area contributed by atoms with Gasteiger partial charge in [-0.1, -0.05) is 58.0 Å². The first-order chi connectivity index (χ1) is 12.6. The molecule has 0 saturated heterocycles. The van der Waals surface area contributed by atoms with Crippen LogP contribution < -0.4 is 10.5 Å². The van der Waals surface area contributed by atoms with E-state index in [1.165, 1.54) is 0 Å². The molecule has 3 rings (SSSR count). The third kappa shape index (κ3) is 3.54. The van der Waals surface area contributed by atoms with Gasteiger partial charge in [-0.05, 0) is 35.1 Å². The lowest BCUT2D eigenvalue weighted by atomic mass is 10.0. The number of ether oxygens (including phenoxy) is 2. The van der Waals surface area contributed by atoms with Crippen LogP contribution in [0.5, 0.6) is 11.5 Å². The number of primary amides is 1. The Morgan fingerprint density at radius 2 is 1.52 bits per heavy atom. The molecule has 5 nitrogen and oxygen atoms in total. The molecule has 2 aromatic carbocycles. The molecule has 1 aliphatic rings. The Labute approximate surface area is 159 Å². The van der Waals surface area contributed by atoms with Crippen molar-refractivity contribution in [3.8, 4) is 11.5 Å². The van der Waals surface area contributed by atoms with Crippen molar-refractivity contribution in [3.05, 3.63) is 60.2 Å². The molecule has 2 N–H and O–H groups in total. The number of hydrogen-bond acceptors (Lipinski definition) is 4. The molecule has 5 heteroatoms. The lowest BCUT2D eigenvalue weighted by Gasteiger charge is -2.17. The maximum atomic E-state index is 12.6. The first-order valence-corrected chi connectivity index (χ1v) is 8.97. The molecule has 1 fully saturated rings. The normalized spacial score (nSPS) is 18.4. The smallest absolute Gasteiger partial charge is 0.311 e. The average Bonchev–Trinajstić information content (AvgIpc) is 3.02. The summed E-state index contributed by atoms with van der Waals surface area (Å²) in [7, 11) is 0. The van der Waals surface area contributed by atoms with Gasteiger partial charge in [0, 0.05) is 5.56 Å². The van der Waals surface area contributed by atoms with Crippen LogP contribution in [0, 0.1) is 16.7 Å². The van der Waals surface area contributed by atoms with Crippen molar-refractivity contribution in [1.29, 1.82) is 0 Å². The maximum Gasteiger partial charge on any atom is 0.311 e. The highest BCUT2D eigenvalue weighted by Gasteiger charge is 2.69. The van der Waals surface area contributed by atoms with E-state index >= 15 is 0 Å². The number of carbonyl (C=O) groups excluding carboxylic acids is 2. The lowest BCUT2D eigenvalue weighted by molar-refractivity contribution is -0.158. The van der Waals surface area contributed by atoms with Gasteiger partial charge in [0.05, 0.1) is 5.92 Å². The van der Waals surface area contributed by atoms with Crippen LogP contribution >= 0.6 is 0 Å². The highest BCUT2D eigenvalue weighted by atomic mass is 16.5. The summed E-state index contributed by atoms with van der Waals surface area (Å²) in [5.41, 5.74) is 5.65. The second-order valence-corrected chi connectivity index (χ2v) is 8.08. The van der Waals surface area contributed by atoms with Gasteiger partial charge in [0.15, 0.2) is 0 Å². The van der Waals surface area contributed by atoms with Crippen molar-refractivity contribution in [2.24, 2.45) is 22.5 Å². The zero-order valence-corrected chi connectivity index (χ0v) is 16.1. The van der Waals surface area contributed by atoms with Crippen LogP contribution in [0.1, 0.15) is 39.4 Å². The molecule has 1 saturated carbocycles. The van der Waals surface area contributed by atoms with Gasteiger partial charge < -0.3 is 15.2 Å². The zero-order chi connectivity index (χ0) is 19.8. The number of nitrogens with two attached hydrogens (primary N) is 1. The number of para-hydroxylation sites is 1. The van der Waals surface area contributed by atoms with Crippen LogP contribution in [-0.2, 0) is 14.3 Å². The second kappa shape index (κ2) is 6.72. The Balaban J connectivity index is 1.79. The Bertz CT molecular complexity index is 844. The number of carbonyl (C=O) groups is 2. The first-order valence-electron chi connectivity index (χ1n) is 8.97. The molecular formula is C22H25NO4. The Hall–Kier alpha value is -2.82. The summed E-state index contributed by atoms with van der Waals surface area (Å²) in [6.45, 7) is 8.08. The highest BCUT2D eigenvalue weighted by Crippen LogP contribution is 2.68. The molecule has 0 aromatic heterocycles. The van der Waals surface area contributed by atoms with Crippen molar-refractivity contribution in [2.45, 2.75) is 33.8 Å². The van der Waals surface area contributed by atoms with Gasteiger partial charge in [0.25, 0.3) is 5.91 Å². The van der Waals surface area contributed by atoms with E-state index in [4.69, 9.17) is 15.2 Å². The molecule has 1 amide bonds. The van der Waals surface area contributed by atoms with Gasteiger partial charge in [-0.25, -0.2) is 0 Å². The number of hydrogen-bond donors (Lipinski definition) is 1. The lowest BCUT2D eigenvalue weighted by Crippen LogP contribution is -2.27. The van der Waals surface area contributed by atoms with Gasteiger partial charge in [0.2, 0.25) is 6.10 Å². The minimum Gasteiger partial charge on any atom is -0.457 e. The van der Waals surface area contributed by atoms with Crippen molar-refractivity contribution in [2.75, 3.05) is 0 Å². The number of amides is 1. The molecule has 0 heterocycles. The third-order valence-corrected chi connectivity index (χ3v) is 5.89. The molecule has 1 atom stereocenters. The van der Waals surface area contributed by atoms with Crippen molar-refractivity contribution >= 4 is 11.9 Å². The van der Waals surface area contributed by atoms with Gasteiger partial charge in [-0.3, -0.25) is 9.59 Å². The number of benzene rings is 2. The van der Waals surface area contributed by atoms with Crippen molar-refractivity contribution in [3.63, 3.8) is 0 Å². The van der Waals surface area contributed by atoms with Crippen LogP contribution in [0.4, 0.5) is 0 Å². The monoisotopic (exact) mass is 367 g/mol. The molecule has 142 valence electrons. The molecule has 0 spiro atoms. The molecule has 2 aromatic rings. The molecule has 1 aliphatic carbocycles. The minimum atomic E-state index is -1.15. The average molecular weight is 367 g/mol. The van der Waals surface area contributed by atoms with Gasteiger partial charge in [-0.15, -0.1) is 0 Å². The largest absolute Gasteiger partial charge is 0.457 e. The summed E-state index contributed by atoms with van der Waals surface area (Å²) in [5, 5.41) is 0. The summed E-state index contributed by atoms with van der Waals surface area (Å²) in [4.78, 5) is 24.6. The summed E-state index contributed by atoms with van der Waals surface area (Å²) < 4.78 is 11.3. The predicted molar refractivity (Wildman–Crippen MR) is 102 cm³/mol. The summed E-state index contributed by atoms with van der Waals surface area (Å²) in [5.74, 6) is -0.174. The fourth-order valence-electron chi connectivity index (χ4n) is 3.63. The van der Waals surface area contributed by atoms with E-state index in [1.807, 2.05) is 58.0 Å². The Kier molecular flexibility index (Phi) is 4.72. The van der Waals surface area contributed by atoms with E-state index in [2.05, 4.69) is 0 Å². The molecule has 0 aliphatic heterocycles. The third-order valence-electron chi connectivity index (χ3n) is 5.89. The van der Waals surface area contributed by atoms with Crippen molar-refractivity contribution in [1.82, 2.24) is 0 Å². The number of esters is 1. The summed E-state index contributed by atoms with van der Waals surface area (Å²) in [6.07, 6.45) is -1.15. The predicted octanol–water partition coefficient (Wildman–Crippen LogP) is 4.23. The molecular weight excluding hydrogens is 342 g/mol. The molecule has 27 heavy (non-hydrogen) atoms. The fraction of sp³-hybridized carbons (Fsp3) is 0.364. The van der Waals surface area contributed by atoms with E-state index in [-0.39, 0.29) is 16.7 Å². The van der Waals surface area contributed by atoms with Crippen LogP contribution in [-0.4, -0.2) is 11.9 Å². The van der Waals surface area contributed by atoms with Crippen LogP contribution in [0.2, 0.25) is 0 Å². The maximum absolute atomic E-state index is 12.6. The second-order valence-electron chi connectivity index (χ2n) is 8.08. The van der Waals surface area contributed by atoms with E-state index in [1.54, 1.807) is 24.3 Å².